The molecular weight excluding hydrogens is 306 g/mol. The molecule has 0 aliphatic rings. The molecule has 0 spiro atoms. The van der Waals surface area contributed by atoms with Crippen LogP contribution in [0.1, 0.15) is 13.3 Å². The van der Waals surface area contributed by atoms with Crippen LogP contribution in [0.4, 0.5) is 0 Å². The van der Waals surface area contributed by atoms with E-state index in [4.69, 9.17) is 14.6 Å². The minimum atomic E-state index is -0.871. The van der Waals surface area contributed by atoms with Gasteiger partial charge in [0.25, 0.3) is 0 Å². The molecule has 0 aliphatic heterocycles. The Morgan fingerprint density at radius 3 is 2.64 bits per heavy atom. The summed E-state index contributed by atoms with van der Waals surface area (Å²) < 4.78 is 10.9. The van der Waals surface area contributed by atoms with Gasteiger partial charge in [-0.05, 0) is 19.1 Å². The van der Waals surface area contributed by atoms with Gasteiger partial charge in [0.05, 0.1) is 19.4 Å². The number of methoxy groups -OCH3 is 1. The number of aliphatic carboxylic acids is 1. The Kier molecular flexibility index (Phi) is 8.21. The third-order valence-electron chi connectivity index (χ3n) is 2.68. The van der Waals surface area contributed by atoms with Gasteiger partial charge in [0.1, 0.15) is 6.10 Å². The van der Waals surface area contributed by atoms with Gasteiger partial charge in [-0.15, -0.1) is 11.8 Å². The van der Waals surface area contributed by atoms with Crippen LogP contribution in [0.5, 0.6) is 11.5 Å². The fourth-order valence-corrected chi connectivity index (χ4v) is 2.29. The molecule has 0 unspecified atom stereocenters. The largest absolute Gasteiger partial charge is 0.493 e. The maximum Gasteiger partial charge on any atom is 0.313 e. The summed E-state index contributed by atoms with van der Waals surface area (Å²) in [4.78, 5) is 22.0. The van der Waals surface area contributed by atoms with Gasteiger partial charge in [0, 0.05) is 12.2 Å². The van der Waals surface area contributed by atoms with Gasteiger partial charge in [-0.2, -0.15) is 0 Å². The third kappa shape index (κ3) is 7.21. The molecule has 6 nitrogen and oxygen atoms in total. The van der Waals surface area contributed by atoms with Gasteiger partial charge >= 0.3 is 5.97 Å². The average Bonchev–Trinajstić information content (AvgIpc) is 2.50. The van der Waals surface area contributed by atoms with Crippen molar-refractivity contribution in [3.8, 4) is 11.5 Å². The van der Waals surface area contributed by atoms with Crippen molar-refractivity contribution in [2.75, 3.05) is 25.2 Å². The van der Waals surface area contributed by atoms with Crippen LogP contribution in [0, 0.1) is 0 Å². The van der Waals surface area contributed by atoms with Crippen LogP contribution in [0.25, 0.3) is 0 Å². The highest BCUT2D eigenvalue weighted by molar-refractivity contribution is 7.99. The quantitative estimate of drug-likeness (QED) is 0.637. The summed E-state index contributed by atoms with van der Waals surface area (Å²) >= 11 is 1.22. The molecule has 1 amide bonds. The molecular formula is C15H21NO5S. The van der Waals surface area contributed by atoms with Crippen molar-refractivity contribution in [2.24, 2.45) is 0 Å². The number of carbonyl (C=O) groups excluding carboxylic acids is 1. The highest BCUT2D eigenvalue weighted by Crippen LogP contribution is 2.26. The van der Waals surface area contributed by atoms with Crippen LogP contribution in [-0.2, 0) is 9.59 Å². The fourth-order valence-electron chi connectivity index (χ4n) is 1.64. The van der Waals surface area contributed by atoms with E-state index in [0.717, 1.165) is 0 Å². The number of hydrogen-bond donors (Lipinski definition) is 2. The molecule has 0 fully saturated rings. The van der Waals surface area contributed by atoms with Gasteiger partial charge in [0.2, 0.25) is 5.91 Å². The molecule has 0 aliphatic carbocycles. The van der Waals surface area contributed by atoms with Crippen LogP contribution in [0.2, 0.25) is 0 Å². The smallest absolute Gasteiger partial charge is 0.313 e. The fraction of sp³-hybridized carbons (Fsp3) is 0.467. The molecule has 1 aromatic rings. The molecule has 2 N–H and O–H groups in total. The Balaban J connectivity index is 2.26. The summed E-state index contributed by atoms with van der Waals surface area (Å²) in [5, 5.41) is 11.3. The maximum atomic E-state index is 11.6. The van der Waals surface area contributed by atoms with Crippen LogP contribution in [0.3, 0.4) is 0 Å². The predicted molar refractivity (Wildman–Crippen MR) is 85.7 cm³/mol. The standard InChI is InChI=1S/C15H21NO5S/c1-11(21-13-6-4-3-5-12(13)20-2)9-16-14(17)7-8-22-10-15(18)19/h3-6,11H,7-10H2,1-2H3,(H,16,17)(H,18,19)/t11-/m0/s1. The van der Waals surface area contributed by atoms with Crippen molar-refractivity contribution in [2.45, 2.75) is 19.4 Å². The summed E-state index contributed by atoms with van der Waals surface area (Å²) in [6.07, 6.45) is 0.0891. The molecule has 7 heteroatoms. The minimum absolute atomic E-state index is 0.0145. The lowest BCUT2D eigenvalue weighted by Gasteiger charge is -2.17. The van der Waals surface area contributed by atoms with Crippen molar-refractivity contribution >= 4 is 23.6 Å². The molecule has 1 aromatic carbocycles. The summed E-state index contributed by atoms with van der Waals surface area (Å²) in [7, 11) is 1.57. The van der Waals surface area contributed by atoms with E-state index in [-0.39, 0.29) is 17.8 Å². The van der Waals surface area contributed by atoms with Gasteiger partial charge in [-0.25, -0.2) is 0 Å². The number of nitrogens with one attached hydrogen (secondary N) is 1. The van der Waals surface area contributed by atoms with Gasteiger partial charge in [-0.3, -0.25) is 9.59 Å². The van der Waals surface area contributed by atoms with E-state index in [2.05, 4.69) is 5.32 Å². The number of amides is 1. The summed E-state index contributed by atoms with van der Waals surface area (Å²) in [5.74, 6) is 0.785. The predicted octanol–water partition coefficient (Wildman–Crippen LogP) is 1.79. The van der Waals surface area contributed by atoms with Crippen LogP contribution in [0.15, 0.2) is 24.3 Å². The van der Waals surface area contributed by atoms with Gasteiger partial charge in [0.15, 0.2) is 11.5 Å². The number of para-hydroxylation sites is 2. The van der Waals surface area contributed by atoms with Crippen LogP contribution in [-0.4, -0.2) is 48.2 Å². The first kappa shape index (κ1) is 18.2. The summed E-state index contributed by atoms with van der Waals surface area (Å²) in [6.45, 7) is 2.23. The zero-order valence-electron chi connectivity index (χ0n) is 12.7. The summed E-state index contributed by atoms with van der Waals surface area (Å²) in [6, 6.07) is 7.32. The molecule has 1 atom stereocenters. The van der Waals surface area contributed by atoms with E-state index in [1.54, 1.807) is 19.2 Å². The summed E-state index contributed by atoms with van der Waals surface area (Å²) in [5.41, 5.74) is 0. The second-order valence-electron chi connectivity index (χ2n) is 4.58. The van der Waals surface area contributed by atoms with E-state index in [1.165, 1.54) is 11.8 Å². The number of ether oxygens (including phenoxy) is 2. The lowest BCUT2D eigenvalue weighted by Crippen LogP contribution is -2.33. The first-order chi connectivity index (χ1) is 10.5. The Bertz CT molecular complexity index is 495. The molecule has 22 heavy (non-hydrogen) atoms. The number of carboxylic acid groups (broad SMARTS) is 1. The number of carboxylic acids is 1. The zero-order valence-corrected chi connectivity index (χ0v) is 13.5. The lowest BCUT2D eigenvalue weighted by atomic mass is 10.3. The normalized spacial score (nSPS) is 11.5. The van der Waals surface area contributed by atoms with Crippen molar-refractivity contribution < 1.29 is 24.2 Å². The molecule has 0 saturated heterocycles. The molecule has 0 aromatic heterocycles. The number of benzene rings is 1. The number of thioether (sulfide) groups is 1. The van der Waals surface area contributed by atoms with E-state index in [0.29, 0.717) is 30.2 Å². The van der Waals surface area contributed by atoms with Crippen molar-refractivity contribution in [1.29, 1.82) is 0 Å². The van der Waals surface area contributed by atoms with Crippen LogP contribution >= 0.6 is 11.8 Å². The molecule has 122 valence electrons. The monoisotopic (exact) mass is 327 g/mol. The van der Waals surface area contributed by atoms with Gasteiger partial charge in [-0.1, -0.05) is 12.1 Å². The van der Waals surface area contributed by atoms with Crippen molar-refractivity contribution in [1.82, 2.24) is 5.32 Å². The first-order valence-corrected chi connectivity index (χ1v) is 8.04. The maximum absolute atomic E-state index is 11.6. The van der Waals surface area contributed by atoms with E-state index in [9.17, 15) is 9.59 Å². The highest BCUT2D eigenvalue weighted by atomic mass is 32.2. The zero-order chi connectivity index (χ0) is 16.4. The lowest BCUT2D eigenvalue weighted by molar-refractivity contribution is -0.134. The van der Waals surface area contributed by atoms with Crippen LogP contribution < -0.4 is 14.8 Å². The van der Waals surface area contributed by atoms with Gasteiger partial charge < -0.3 is 19.9 Å². The molecule has 0 bridgehead atoms. The molecule has 1 rings (SSSR count). The molecule has 0 saturated carbocycles. The minimum Gasteiger partial charge on any atom is -0.493 e. The molecule has 0 radical (unpaired) electrons. The Morgan fingerprint density at radius 1 is 1.32 bits per heavy atom. The second-order valence-corrected chi connectivity index (χ2v) is 5.68. The first-order valence-electron chi connectivity index (χ1n) is 6.89. The highest BCUT2D eigenvalue weighted by Gasteiger charge is 2.10. The van der Waals surface area contributed by atoms with E-state index in [1.807, 2.05) is 19.1 Å². The molecule has 0 heterocycles. The Hall–Kier alpha value is -1.89. The Morgan fingerprint density at radius 2 is 2.00 bits per heavy atom. The van der Waals surface area contributed by atoms with Crippen molar-refractivity contribution in [3.63, 3.8) is 0 Å². The number of carbonyl (C=O) groups is 2. The van der Waals surface area contributed by atoms with Crippen molar-refractivity contribution in [3.05, 3.63) is 24.3 Å². The second kappa shape index (κ2) is 9.94. The van der Waals surface area contributed by atoms with E-state index < -0.39 is 5.97 Å². The Labute approximate surface area is 134 Å². The van der Waals surface area contributed by atoms with E-state index >= 15 is 0 Å². The number of rotatable bonds is 10. The SMILES string of the molecule is COc1ccccc1O[C@@H](C)CNC(=O)CCSCC(=O)O. The average molecular weight is 327 g/mol. The number of hydrogen-bond acceptors (Lipinski definition) is 5. The third-order valence-corrected chi connectivity index (χ3v) is 3.63. The topological polar surface area (TPSA) is 84.9 Å².